The Morgan fingerprint density at radius 3 is 2.64 bits per heavy atom. The summed E-state index contributed by atoms with van der Waals surface area (Å²) in [5.74, 6) is -2.83. The lowest BCUT2D eigenvalue weighted by Crippen LogP contribution is -2.84. The zero-order valence-electron chi connectivity index (χ0n) is 11.9. The third-order valence-electron chi connectivity index (χ3n) is 3.22. The molecule has 2 amide bonds. The Hall–Kier alpha value is -2.07. The monoisotopic (exact) mass is 329 g/mol. The molecule has 1 fully saturated rings. The fraction of sp³-hybridized carbons (Fsp3) is 0.500. The third-order valence-corrected chi connectivity index (χ3v) is 4.64. The number of carbonyl (C=O) groups is 4. The molecule has 2 heterocycles. The summed E-state index contributed by atoms with van der Waals surface area (Å²) in [4.78, 5) is 46.7. The zero-order chi connectivity index (χ0) is 16.7. The highest BCUT2D eigenvalue weighted by molar-refractivity contribution is 8.00. The van der Waals surface area contributed by atoms with Crippen LogP contribution in [0.2, 0.25) is 0 Å². The lowest BCUT2D eigenvalue weighted by molar-refractivity contribution is -0.158. The lowest BCUT2D eigenvalue weighted by atomic mass is 9.96. The van der Waals surface area contributed by atoms with Crippen LogP contribution in [0.4, 0.5) is 0 Å². The van der Waals surface area contributed by atoms with Crippen molar-refractivity contribution in [2.24, 2.45) is 5.73 Å². The summed E-state index contributed by atoms with van der Waals surface area (Å²) in [5.41, 5.74) is 4.33. The normalized spacial score (nSPS) is 27.0. The predicted molar refractivity (Wildman–Crippen MR) is 75.1 cm³/mol. The molecule has 0 radical (unpaired) electrons. The van der Waals surface area contributed by atoms with Gasteiger partial charge in [-0.2, -0.15) is 0 Å². The van der Waals surface area contributed by atoms with E-state index in [1.54, 1.807) is 0 Å². The Labute approximate surface area is 129 Å². The van der Waals surface area contributed by atoms with Crippen LogP contribution in [0.1, 0.15) is 13.8 Å². The van der Waals surface area contributed by atoms with Crippen LogP contribution >= 0.6 is 11.8 Å². The van der Waals surface area contributed by atoms with Crippen LogP contribution in [-0.4, -0.2) is 57.2 Å². The van der Waals surface area contributed by atoms with E-state index in [1.165, 1.54) is 25.6 Å². The van der Waals surface area contributed by atoms with E-state index in [2.05, 4.69) is 5.32 Å². The molecule has 0 aromatic carbocycles. The Balaban J connectivity index is 2.30. The van der Waals surface area contributed by atoms with Crippen LogP contribution in [0.15, 0.2) is 11.3 Å². The van der Waals surface area contributed by atoms with Crippen molar-refractivity contribution in [3.63, 3.8) is 0 Å². The number of carbonyl (C=O) groups excluding carboxylic acids is 3. The van der Waals surface area contributed by atoms with Gasteiger partial charge >= 0.3 is 11.9 Å². The SMILES string of the molecule is CC(=O)N[C@@]1(N)C(=O)N2C(C(=O)O)=C(COC(C)=O)CS[C@@H]21. The number of carboxylic acids is 1. The van der Waals surface area contributed by atoms with Crippen LogP contribution < -0.4 is 11.1 Å². The van der Waals surface area contributed by atoms with E-state index >= 15 is 0 Å². The van der Waals surface area contributed by atoms with E-state index < -0.39 is 34.8 Å². The number of hydrogen-bond acceptors (Lipinski definition) is 7. The molecule has 0 aliphatic carbocycles. The zero-order valence-corrected chi connectivity index (χ0v) is 12.7. The summed E-state index contributed by atoms with van der Waals surface area (Å²) in [6.45, 7) is 2.21. The molecule has 2 aliphatic rings. The number of ether oxygens (including phenoxy) is 1. The fourth-order valence-corrected chi connectivity index (χ4v) is 3.70. The Kier molecular flexibility index (Phi) is 4.16. The minimum atomic E-state index is -1.62. The number of nitrogens with zero attached hydrogens (tertiary/aromatic N) is 1. The molecule has 120 valence electrons. The third kappa shape index (κ3) is 2.55. The van der Waals surface area contributed by atoms with Crippen LogP contribution in [0.25, 0.3) is 0 Å². The fourth-order valence-electron chi connectivity index (χ4n) is 2.35. The van der Waals surface area contributed by atoms with Gasteiger partial charge in [0.25, 0.3) is 5.91 Å². The number of β-lactam (4-membered cyclic amide) rings is 1. The maximum atomic E-state index is 12.2. The van der Waals surface area contributed by atoms with Crippen molar-refractivity contribution in [1.29, 1.82) is 0 Å². The number of nitrogens with one attached hydrogen (secondary N) is 1. The average molecular weight is 329 g/mol. The van der Waals surface area contributed by atoms with E-state index in [1.807, 2.05) is 0 Å². The first kappa shape index (κ1) is 16.3. The molecule has 2 atom stereocenters. The largest absolute Gasteiger partial charge is 0.477 e. The van der Waals surface area contributed by atoms with Crippen molar-refractivity contribution in [2.75, 3.05) is 12.4 Å². The minimum Gasteiger partial charge on any atom is -0.477 e. The second-order valence-corrected chi connectivity index (χ2v) is 5.99. The van der Waals surface area contributed by atoms with Crippen molar-refractivity contribution >= 4 is 35.5 Å². The predicted octanol–water partition coefficient (Wildman–Crippen LogP) is -1.41. The van der Waals surface area contributed by atoms with Gasteiger partial charge in [-0.15, -0.1) is 11.8 Å². The first-order valence-corrected chi connectivity index (χ1v) is 7.35. The van der Waals surface area contributed by atoms with Crippen molar-refractivity contribution < 1.29 is 29.0 Å². The Bertz CT molecular complexity index is 604. The van der Waals surface area contributed by atoms with Gasteiger partial charge in [0.15, 0.2) is 0 Å². The van der Waals surface area contributed by atoms with Gasteiger partial charge in [0.1, 0.15) is 17.7 Å². The number of fused-ring (bicyclic) bond motifs is 1. The van der Waals surface area contributed by atoms with Gasteiger partial charge in [-0.05, 0) is 0 Å². The molecule has 0 unspecified atom stereocenters. The van der Waals surface area contributed by atoms with E-state index in [4.69, 9.17) is 10.5 Å². The van der Waals surface area contributed by atoms with E-state index in [9.17, 15) is 24.3 Å². The van der Waals surface area contributed by atoms with E-state index in [0.29, 0.717) is 5.57 Å². The molecule has 0 bridgehead atoms. The number of rotatable bonds is 4. The summed E-state index contributed by atoms with van der Waals surface area (Å²) in [7, 11) is 0. The second kappa shape index (κ2) is 5.61. The van der Waals surface area contributed by atoms with Crippen molar-refractivity contribution in [2.45, 2.75) is 24.9 Å². The van der Waals surface area contributed by atoms with Crippen LogP contribution in [-0.2, 0) is 23.9 Å². The van der Waals surface area contributed by atoms with Gasteiger partial charge in [-0.1, -0.05) is 0 Å². The van der Waals surface area contributed by atoms with Gasteiger partial charge in [0.05, 0.1) is 0 Å². The summed E-state index contributed by atoms with van der Waals surface area (Å²) in [6, 6.07) is 0. The number of thioether (sulfide) groups is 1. The van der Waals surface area contributed by atoms with Gasteiger partial charge in [-0.25, -0.2) is 4.79 Å². The molecule has 0 aromatic heterocycles. The van der Waals surface area contributed by atoms with Crippen molar-refractivity contribution in [3.8, 4) is 0 Å². The highest BCUT2D eigenvalue weighted by Gasteiger charge is 2.63. The number of aliphatic carboxylic acids is 1. The van der Waals surface area contributed by atoms with Crippen LogP contribution in [0, 0.1) is 0 Å². The Morgan fingerprint density at radius 2 is 2.14 bits per heavy atom. The Morgan fingerprint density at radius 1 is 1.50 bits per heavy atom. The lowest BCUT2D eigenvalue weighted by Gasteiger charge is -2.55. The smallest absolute Gasteiger partial charge is 0.352 e. The molecular formula is C12H15N3O6S. The first-order valence-electron chi connectivity index (χ1n) is 6.30. The van der Waals surface area contributed by atoms with Crippen LogP contribution in [0.5, 0.6) is 0 Å². The average Bonchev–Trinajstić information content (AvgIpc) is 2.42. The molecule has 4 N–H and O–H groups in total. The molecule has 1 saturated heterocycles. The summed E-state index contributed by atoms with van der Waals surface area (Å²) in [6.07, 6.45) is 0. The van der Waals surface area contributed by atoms with E-state index in [-0.39, 0.29) is 18.1 Å². The minimum absolute atomic E-state index is 0.210. The van der Waals surface area contributed by atoms with E-state index in [0.717, 1.165) is 4.90 Å². The van der Waals surface area contributed by atoms with Gasteiger partial charge in [-0.3, -0.25) is 25.0 Å². The quantitative estimate of drug-likeness (QED) is 0.325. The molecule has 0 saturated carbocycles. The molecule has 2 aliphatic heterocycles. The number of esters is 1. The molecule has 9 nitrogen and oxygen atoms in total. The standard InChI is InChI=1S/C12H15N3O6S/c1-5(16)14-12(13)10(20)15-8(9(18)19)7(3-21-6(2)17)4-22-11(12)15/h11H,3-4,13H2,1-2H3,(H,14,16)(H,18,19)/t11-,12+/m1/s1. The molecular weight excluding hydrogens is 314 g/mol. The first-order chi connectivity index (χ1) is 10.2. The number of hydrogen-bond donors (Lipinski definition) is 3. The number of carboxylic acid groups (broad SMARTS) is 1. The molecule has 0 spiro atoms. The summed E-state index contributed by atoms with van der Waals surface area (Å²) in [5, 5.41) is 11.0. The summed E-state index contributed by atoms with van der Waals surface area (Å²) >= 11 is 1.20. The number of amides is 2. The summed E-state index contributed by atoms with van der Waals surface area (Å²) < 4.78 is 4.81. The molecule has 2 rings (SSSR count). The maximum absolute atomic E-state index is 12.2. The number of nitrogens with two attached hydrogens (primary N) is 1. The topological polar surface area (TPSA) is 139 Å². The van der Waals surface area contributed by atoms with Gasteiger partial charge in [0, 0.05) is 25.2 Å². The second-order valence-electron chi connectivity index (χ2n) is 4.93. The van der Waals surface area contributed by atoms with Crippen LogP contribution in [0.3, 0.4) is 0 Å². The van der Waals surface area contributed by atoms with Gasteiger partial charge < -0.3 is 15.2 Å². The molecule has 0 aromatic rings. The molecule has 22 heavy (non-hydrogen) atoms. The van der Waals surface area contributed by atoms with Gasteiger partial charge in [0.2, 0.25) is 11.6 Å². The van der Waals surface area contributed by atoms with Crippen molar-refractivity contribution in [3.05, 3.63) is 11.3 Å². The maximum Gasteiger partial charge on any atom is 0.352 e. The van der Waals surface area contributed by atoms with Crippen molar-refractivity contribution in [1.82, 2.24) is 10.2 Å². The highest BCUT2D eigenvalue weighted by atomic mass is 32.2. The molecule has 10 heteroatoms. The highest BCUT2D eigenvalue weighted by Crippen LogP contribution is 2.43.